The van der Waals surface area contributed by atoms with Crippen molar-refractivity contribution in [1.29, 1.82) is 0 Å². The fourth-order valence-electron chi connectivity index (χ4n) is 2.38. The molecule has 0 bridgehead atoms. The number of hydrogen-bond acceptors (Lipinski definition) is 3. The molecule has 1 aliphatic heterocycles. The Morgan fingerprint density at radius 1 is 1.40 bits per heavy atom. The third-order valence-electron chi connectivity index (χ3n) is 3.41. The third-order valence-corrected chi connectivity index (χ3v) is 5.31. The van der Waals surface area contributed by atoms with Crippen LogP contribution in [-0.2, 0) is 14.8 Å². The van der Waals surface area contributed by atoms with E-state index in [9.17, 15) is 17.6 Å². The van der Waals surface area contributed by atoms with Gasteiger partial charge in [-0.25, -0.2) is 12.8 Å². The molecule has 0 spiro atoms. The number of carbonyl (C=O) groups is 1. The van der Waals surface area contributed by atoms with Crippen LogP contribution >= 0.6 is 0 Å². The van der Waals surface area contributed by atoms with Crippen molar-refractivity contribution in [3.8, 4) is 0 Å². The molecule has 110 valence electrons. The fourth-order valence-corrected chi connectivity index (χ4v) is 4.07. The topological polar surface area (TPSA) is 66.5 Å². The molecule has 1 fully saturated rings. The first-order valence-electron chi connectivity index (χ1n) is 6.46. The zero-order valence-electron chi connectivity index (χ0n) is 11.2. The molecular weight excluding hydrogens is 283 g/mol. The number of nitrogens with zero attached hydrogens (tertiary/aromatic N) is 1. The van der Waals surface area contributed by atoms with E-state index in [1.54, 1.807) is 0 Å². The molecule has 1 aromatic rings. The first-order valence-corrected chi connectivity index (χ1v) is 7.90. The number of halogens is 1. The minimum Gasteiger partial charge on any atom is -0.358 e. The summed E-state index contributed by atoms with van der Waals surface area (Å²) >= 11 is 0. The van der Waals surface area contributed by atoms with Gasteiger partial charge in [0, 0.05) is 13.6 Å². The molecule has 1 amide bonds. The quantitative estimate of drug-likeness (QED) is 0.909. The monoisotopic (exact) mass is 300 g/mol. The molecule has 0 aliphatic carbocycles. The van der Waals surface area contributed by atoms with E-state index in [1.807, 2.05) is 0 Å². The van der Waals surface area contributed by atoms with Crippen LogP contribution in [0.5, 0.6) is 0 Å². The molecule has 7 heteroatoms. The maximum atomic E-state index is 13.2. The standard InChI is InChI=1S/C13H17FN2O3S/c1-15-13(17)12-7-2-3-8-16(12)20(18,19)11-6-4-5-10(14)9-11/h4-6,9,12H,2-3,7-8H2,1H3,(H,15,17). The number of carbonyl (C=O) groups excluding carboxylic acids is 1. The Kier molecular flexibility index (Phi) is 4.39. The molecule has 1 N–H and O–H groups in total. The average Bonchev–Trinajstić information content (AvgIpc) is 2.46. The molecule has 1 saturated heterocycles. The number of sulfonamides is 1. The van der Waals surface area contributed by atoms with Crippen molar-refractivity contribution < 1.29 is 17.6 Å². The minimum atomic E-state index is -3.86. The average molecular weight is 300 g/mol. The van der Waals surface area contributed by atoms with Crippen molar-refractivity contribution in [2.45, 2.75) is 30.2 Å². The number of piperidine rings is 1. The van der Waals surface area contributed by atoms with Crippen LogP contribution in [0.4, 0.5) is 4.39 Å². The zero-order chi connectivity index (χ0) is 14.8. The van der Waals surface area contributed by atoms with Gasteiger partial charge in [0.2, 0.25) is 15.9 Å². The van der Waals surface area contributed by atoms with Gasteiger partial charge in [-0.05, 0) is 31.0 Å². The SMILES string of the molecule is CNC(=O)C1CCCCN1S(=O)(=O)c1cccc(F)c1. The van der Waals surface area contributed by atoms with Crippen LogP contribution in [-0.4, -0.2) is 38.3 Å². The zero-order valence-corrected chi connectivity index (χ0v) is 12.0. The summed E-state index contributed by atoms with van der Waals surface area (Å²) < 4.78 is 39.5. The van der Waals surface area contributed by atoms with Crippen molar-refractivity contribution in [3.63, 3.8) is 0 Å². The molecule has 0 aromatic heterocycles. The van der Waals surface area contributed by atoms with Crippen molar-refractivity contribution in [3.05, 3.63) is 30.1 Å². The van der Waals surface area contributed by atoms with Crippen LogP contribution in [0.2, 0.25) is 0 Å². The second-order valence-electron chi connectivity index (χ2n) is 4.70. The predicted octanol–water partition coefficient (Wildman–Crippen LogP) is 1.11. The second kappa shape index (κ2) is 5.88. The van der Waals surface area contributed by atoms with Crippen LogP contribution in [0, 0.1) is 5.82 Å². The fraction of sp³-hybridized carbons (Fsp3) is 0.462. The summed E-state index contributed by atoms with van der Waals surface area (Å²) in [4.78, 5) is 11.7. The van der Waals surface area contributed by atoms with Gasteiger partial charge in [-0.15, -0.1) is 0 Å². The summed E-state index contributed by atoms with van der Waals surface area (Å²) in [7, 11) is -2.38. The maximum Gasteiger partial charge on any atom is 0.243 e. The first-order chi connectivity index (χ1) is 9.46. The Morgan fingerprint density at radius 2 is 2.15 bits per heavy atom. The lowest BCUT2D eigenvalue weighted by atomic mass is 10.0. The molecule has 1 heterocycles. The summed E-state index contributed by atoms with van der Waals surface area (Å²) in [6.07, 6.45) is 1.98. The van der Waals surface area contributed by atoms with Gasteiger partial charge in [-0.1, -0.05) is 12.5 Å². The Labute approximate surface area is 117 Å². The molecule has 1 unspecified atom stereocenters. The van der Waals surface area contributed by atoms with Crippen LogP contribution in [0.15, 0.2) is 29.2 Å². The first kappa shape index (κ1) is 14.9. The Morgan fingerprint density at radius 3 is 2.80 bits per heavy atom. The summed E-state index contributed by atoms with van der Waals surface area (Å²) in [6.45, 7) is 0.275. The van der Waals surface area contributed by atoms with E-state index in [4.69, 9.17) is 0 Å². The number of likely N-dealkylation sites (N-methyl/N-ethyl adjacent to an activating group) is 1. The van der Waals surface area contributed by atoms with Gasteiger partial charge < -0.3 is 5.32 Å². The summed E-state index contributed by atoms with van der Waals surface area (Å²) in [5.74, 6) is -0.941. The maximum absolute atomic E-state index is 13.2. The van der Waals surface area contributed by atoms with Crippen LogP contribution < -0.4 is 5.32 Å². The lowest BCUT2D eigenvalue weighted by Gasteiger charge is -2.33. The molecule has 0 saturated carbocycles. The van der Waals surface area contributed by atoms with Gasteiger partial charge in [-0.2, -0.15) is 4.31 Å². The number of nitrogens with one attached hydrogen (secondary N) is 1. The van der Waals surface area contributed by atoms with Gasteiger partial charge in [0.1, 0.15) is 11.9 Å². The second-order valence-corrected chi connectivity index (χ2v) is 6.59. The van der Waals surface area contributed by atoms with E-state index in [1.165, 1.54) is 29.6 Å². The van der Waals surface area contributed by atoms with Crippen molar-refractivity contribution in [2.75, 3.05) is 13.6 Å². The number of hydrogen-bond donors (Lipinski definition) is 1. The van der Waals surface area contributed by atoms with E-state index in [2.05, 4.69) is 5.32 Å². The highest BCUT2D eigenvalue weighted by Gasteiger charge is 2.37. The normalized spacial score (nSPS) is 20.6. The van der Waals surface area contributed by atoms with E-state index < -0.39 is 21.9 Å². The van der Waals surface area contributed by atoms with Crippen molar-refractivity contribution >= 4 is 15.9 Å². The van der Waals surface area contributed by atoms with E-state index in [0.717, 1.165) is 12.5 Å². The lowest BCUT2D eigenvalue weighted by molar-refractivity contribution is -0.125. The van der Waals surface area contributed by atoms with Gasteiger partial charge in [0.05, 0.1) is 4.90 Å². The Balaban J connectivity index is 2.38. The number of amides is 1. The van der Waals surface area contributed by atoms with Crippen LogP contribution in [0.1, 0.15) is 19.3 Å². The molecule has 0 radical (unpaired) electrons. The predicted molar refractivity (Wildman–Crippen MR) is 72.0 cm³/mol. The van der Waals surface area contributed by atoms with Gasteiger partial charge in [-0.3, -0.25) is 4.79 Å². The minimum absolute atomic E-state index is 0.117. The Bertz CT molecular complexity index is 603. The Hall–Kier alpha value is -1.47. The van der Waals surface area contributed by atoms with Crippen LogP contribution in [0.3, 0.4) is 0 Å². The third kappa shape index (κ3) is 2.83. The molecule has 20 heavy (non-hydrogen) atoms. The smallest absolute Gasteiger partial charge is 0.243 e. The highest BCUT2D eigenvalue weighted by Crippen LogP contribution is 2.25. The van der Waals surface area contributed by atoms with Crippen LogP contribution in [0.25, 0.3) is 0 Å². The van der Waals surface area contributed by atoms with Gasteiger partial charge >= 0.3 is 0 Å². The highest BCUT2D eigenvalue weighted by molar-refractivity contribution is 7.89. The summed E-state index contributed by atoms with van der Waals surface area (Å²) in [5, 5.41) is 2.48. The summed E-state index contributed by atoms with van der Waals surface area (Å²) in [6, 6.07) is 4.13. The molecule has 1 atom stereocenters. The van der Waals surface area contributed by atoms with E-state index >= 15 is 0 Å². The van der Waals surface area contributed by atoms with Gasteiger partial charge in [0.15, 0.2) is 0 Å². The molecular formula is C13H17FN2O3S. The van der Waals surface area contributed by atoms with E-state index in [0.29, 0.717) is 12.8 Å². The van der Waals surface area contributed by atoms with Crippen molar-refractivity contribution in [2.24, 2.45) is 0 Å². The molecule has 1 aromatic carbocycles. The lowest BCUT2D eigenvalue weighted by Crippen LogP contribution is -2.51. The molecule has 5 nitrogen and oxygen atoms in total. The molecule has 1 aliphatic rings. The molecule has 2 rings (SSSR count). The van der Waals surface area contributed by atoms with E-state index in [-0.39, 0.29) is 17.3 Å². The number of rotatable bonds is 3. The summed E-state index contributed by atoms with van der Waals surface area (Å²) in [5.41, 5.74) is 0. The number of benzene rings is 1. The largest absolute Gasteiger partial charge is 0.358 e. The van der Waals surface area contributed by atoms with Gasteiger partial charge in [0.25, 0.3) is 0 Å². The van der Waals surface area contributed by atoms with Crippen molar-refractivity contribution in [1.82, 2.24) is 9.62 Å². The highest BCUT2D eigenvalue weighted by atomic mass is 32.2.